The number of aromatic nitrogens is 2. The molecule has 8 heteroatoms. The molecule has 0 atom stereocenters. The minimum atomic E-state index is -0.292. The Morgan fingerprint density at radius 2 is 1.82 bits per heavy atom. The largest absolute Gasteiger partial charge is 0.469 e. The van der Waals surface area contributed by atoms with Crippen LogP contribution in [0.2, 0.25) is 0 Å². The zero-order valence-corrected chi connectivity index (χ0v) is 19.7. The number of halogens is 1. The number of benzene rings is 1. The van der Waals surface area contributed by atoms with Crippen molar-refractivity contribution < 1.29 is 18.7 Å². The number of hydrogen-bond acceptors (Lipinski definition) is 6. The Kier molecular flexibility index (Phi) is 6.68. The van der Waals surface area contributed by atoms with Crippen LogP contribution in [-0.2, 0) is 20.7 Å². The first kappa shape index (κ1) is 23.9. The molecule has 1 amide bonds. The smallest absolute Gasteiger partial charge is 0.311 e. The van der Waals surface area contributed by atoms with Gasteiger partial charge in [-0.1, -0.05) is 18.7 Å². The van der Waals surface area contributed by atoms with Gasteiger partial charge < -0.3 is 15.4 Å². The van der Waals surface area contributed by atoms with Crippen molar-refractivity contribution >= 4 is 23.4 Å². The van der Waals surface area contributed by atoms with E-state index in [1.165, 1.54) is 19.5 Å². The molecule has 1 aromatic heterocycles. The Hall–Kier alpha value is -3.29. The predicted octanol–water partition coefficient (Wildman–Crippen LogP) is 4.18. The molecule has 180 valence electrons. The Morgan fingerprint density at radius 1 is 1.12 bits per heavy atom. The molecule has 3 aliphatic rings. The second-order valence-corrected chi connectivity index (χ2v) is 9.70. The van der Waals surface area contributed by atoms with Crippen molar-refractivity contribution in [3.63, 3.8) is 0 Å². The maximum absolute atomic E-state index is 13.4. The van der Waals surface area contributed by atoms with E-state index < -0.39 is 0 Å². The Bertz CT molecular complexity index is 1090. The van der Waals surface area contributed by atoms with Crippen LogP contribution in [0.4, 0.5) is 10.2 Å². The summed E-state index contributed by atoms with van der Waals surface area (Å²) in [5.41, 5.74) is 2.36. The lowest BCUT2D eigenvalue weighted by Gasteiger charge is -2.52. The summed E-state index contributed by atoms with van der Waals surface area (Å²) in [5.74, 6) is -0.220. The lowest BCUT2D eigenvalue weighted by molar-refractivity contribution is -0.162. The first-order chi connectivity index (χ1) is 16.2. The number of nitrogens with one attached hydrogen (secondary N) is 2. The van der Waals surface area contributed by atoms with E-state index >= 15 is 0 Å². The molecule has 2 bridgehead atoms. The lowest BCUT2D eigenvalue weighted by Crippen LogP contribution is -2.49. The quantitative estimate of drug-likeness (QED) is 0.567. The van der Waals surface area contributed by atoms with Crippen LogP contribution in [-0.4, -0.2) is 35.5 Å². The predicted molar refractivity (Wildman–Crippen MR) is 127 cm³/mol. The van der Waals surface area contributed by atoms with E-state index in [2.05, 4.69) is 27.2 Å². The third-order valence-electron chi connectivity index (χ3n) is 7.53. The summed E-state index contributed by atoms with van der Waals surface area (Å²) in [6.45, 7) is 6.56. The number of hydrogen-bond donors (Lipinski definition) is 2. The van der Waals surface area contributed by atoms with E-state index in [1.54, 1.807) is 25.1 Å². The van der Waals surface area contributed by atoms with Crippen molar-refractivity contribution in [2.24, 2.45) is 10.8 Å². The topological polar surface area (TPSA) is 93.2 Å². The number of anilines is 1. The first-order valence-corrected chi connectivity index (χ1v) is 11.6. The fourth-order valence-corrected chi connectivity index (χ4v) is 5.22. The Labute approximate surface area is 199 Å². The number of rotatable bonds is 8. The van der Waals surface area contributed by atoms with Gasteiger partial charge in [-0.25, -0.2) is 14.4 Å². The zero-order valence-electron chi connectivity index (χ0n) is 19.7. The van der Waals surface area contributed by atoms with Gasteiger partial charge in [0.1, 0.15) is 18.0 Å². The van der Waals surface area contributed by atoms with Crippen LogP contribution in [0, 0.1) is 23.6 Å². The second kappa shape index (κ2) is 9.52. The van der Waals surface area contributed by atoms with Gasteiger partial charge in [-0.15, -0.1) is 0 Å². The van der Waals surface area contributed by atoms with Gasteiger partial charge >= 0.3 is 5.97 Å². The molecule has 5 rings (SSSR count). The Balaban J connectivity index is 1.32. The molecule has 0 aliphatic heterocycles. The molecule has 2 N–H and O–H groups in total. The lowest BCUT2D eigenvalue weighted by atomic mass is 9.53. The minimum Gasteiger partial charge on any atom is -0.469 e. The highest BCUT2D eigenvalue weighted by atomic mass is 19.1. The second-order valence-electron chi connectivity index (χ2n) is 9.70. The van der Waals surface area contributed by atoms with E-state index in [-0.39, 0.29) is 34.9 Å². The zero-order chi connectivity index (χ0) is 24.3. The molecular weight excluding hydrogens is 435 g/mol. The number of ether oxygens (including phenoxy) is 1. The molecule has 34 heavy (non-hydrogen) atoms. The molecule has 7 nitrogen and oxygen atoms in total. The molecule has 0 saturated heterocycles. The van der Waals surface area contributed by atoms with Gasteiger partial charge in [-0.05, 0) is 68.1 Å². The van der Waals surface area contributed by atoms with Crippen LogP contribution in [0.15, 0.2) is 37.2 Å². The van der Waals surface area contributed by atoms with Crippen LogP contribution in [0.3, 0.4) is 0 Å². The van der Waals surface area contributed by atoms with Crippen molar-refractivity contribution in [2.45, 2.75) is 51.9 Å². The molecular formula is C26H31FN4O3. The van der Waals surface area contributed by atoms with Gasteiger partial charge in [0.15, 0.2) is 0 Å². The molecule has 0 unspecified atom stereocenters. The molecule has 3 fully saturated rings. The maximum Gasteiger partial charge on any atom is 0.311 e. The third-order valence-corrected chi connectivity index (χ3v) is 7.53. The average molecular weight is 467 g/mol. The van der Waals surface area contributed by atoms with Crippen molar-refractivity contribution in [3.05, 3.63) is 59.8 Å². The molecule has 3 aliphatic carbocycles. The Morgan fingerprint density at radius 3 is 2.47 bits per heavy atom. The van der Waals surface area contributed by atoms with Crippen molar-refractivity contribution in [1.29, 1.82) is 0 Å². The first-order valence-electron chi connectivity index (χ1n) is 11.6. The summed E-state index contributed by atoms with van der Waals surface area (Å²) in [7, 11) is 1.47. The van der Waals surface area contributed by atoms with Crippen molar-refractivity contribution in [1.82, 2.24) is 15.3 Å². The number of methoxy groups -OCH3 is 1. The average Bonchev–Trinajstić information content (AvgIpc) is 2.85. The molecule has 0 spiro atoms. The third kappa shape index (κ3) is 4.95. The van der Waals surface area contributed by atoms with Gasteiger partial charge in [-0.3, -0.25) is 9.59 Å². The SMILES string of the molecule is C=C(NCC12CCC(C(=O)OC)(CC1)CC2)c1cc(NC(=O)Cc2ccc(F)c(C)c2)ncn1. The van der Waals surface area contributed by atoms with Crippen LogP contribution >= 0.6 is 0 Å². The number of nitrogens with zero attached hydrogens (tertiary/aromatic N) is 2. The summed E-state index contributed by atoms with van der Waals surface area (Å²) in [6, 6.07) is 6.32. The van der Waals surface area contributed by atoms with Gasteiger partial charge in [0.25, 0.3) is 0 Å². The molecule has 3 saturated carbocycles. The van der Waals surface area contributed by atoms with E-state index in [4.69, 9.17) is 4.74 Å². The van der Waals surface area contributed by atoms with E-state index in [9.17, 15) is 14.0 Å². The van der Waals surface area contributed by atoms with Crippen LogP contribution < -0.4 is 10.6 Å². The van der Waals surface area contributed by atoms with Gasteiger partial charge in [-0.2, -0.15) is 0 Å². The number of carbonyl (C=O) groups excluding carboxylic acids is 2. The number of amides is 1. The monoisotopic (exact) mass is 466 g/mol. The van der Waals surface area contributed by atoms with Gasteiger partial charge in [0, 0.05) is 12.6 Å². The molecule has 1 heterocycles. The molecule has 1 aromatic carbocycles. The van der Waals surface area contributed by atoms with E-state index in [0.29, 0.717) is 22.8 Å². The molecule has 0 radical (unpaired) electrons. The minimum absolute atomic E-state index is 0.0664. The van der Waals surface area contributed by atoms with Gasteiger partial charge in [0.2, 0.25) is 5.91 Å². The van der Waals surface area contributed by atoms with Crippen LogP contribution in [0.25, 0.3) is 5.70 Å². The number of carbonyl (C=O) groups is 2. The normalized spacial score (nSPS) is 23.3. The summed E-state index contributed by atoms with van der Waals surface area (Å²) < 4.78 is 18.5. The highest BCUT2D eigenvalue weighted by Gasteiger charge is 2.52. The highest BCUT2D eigenvalue weighted by Crippen LogP contribution is 2.57. The number of aryl methyl sites for hydroxylation is 1. The van der Waals surface area contributed by atoms with E-state index in [1.807, 2.05) is 0 Å². The molecule has 2 aromatic rings. The fraction of sp³-hybridized carbons (Fsp3) is 0.462. The standard InChI is InChI=1S/C26H31FN4O3/c1-17-12-19(4-5-20(17)27)13-23(32)31-22-14-21(29-16-30-22)18(2)28-15-25-6-9-26(10-7-25,11-8-25)24(33)34-3/h4-5,12,14,16,28H,2,6-11,13,15H2,1,3H3,(H,29,30,31,32). The van der Waals surface area contributed by atoms with Crippen LogP contribution in [0.5, 0.6) is 0 Å². The van der Waals surface area contributed by atoms with Crippen LogP contribution in [0.1, 0.15) is 55.3 Å². The number of esters is 1. The maximum atomic E-state index is 13.4. The summed E-state index contributed by atoms with van der Waals surface area (Å²) in [6.07, 6.45) is 7.06. The summed E-state index contributed by atoms with van der Waals surface area (Å²) in [4.78, 5) is 33.1. The van der Waals surface area contributed by atoms with Gasteiger partial charge in [0.05, 0.1) is 30.3 Å². The summed E-state index contributed by atoms with van der Waals surface area (Å²) in [5, 5.41) is 6.20. The number of fused-ring (bicyclic) bond motifs is 3. The highest BCUT2D eigenvalue weighted by molar-refractivity contribution is 5.91. The van der Waals surface area contributed by atoms with E-state index in [0.717, 1.165) is 50.6 Å². The van der Waals surface area contributed by atoms with Crippen molar-refractivity contribution in [3.8, 4) is 0 Å². The fourth-order valence-electron chi connectivity index (χ4n) is 5.22. The summed E-state index contributed by atoms with van der Waals surface area (Å²) >= 11 is 0. The van der Waals surface area contributed by atoms with Crippen molar-refractivity contribution in [2.75, 3.05) is 19.0 Å².